The minimum atomic E-state index is -0.933. The molecule has 6 N–H and O–H groups in total. The molecule has 1 atom stereocenters. The molecular weight excluding hydrogens is 242 g/mol. The third kappa shape index (κ3) is 6.28. The highest BCUT2D eigenvalue weighted by Crippen LogP contribution is 2.07. The highest BCUT2D eigenvalue weighted by Gasteiger charge is 2.26. The molecule has 8 nitrogen and oxygen atoms in total. The van der Waals surface area contributed by atoms with Crippen molar-refractivity contribution in [1.82, 2.24) is 5.06 Å². The molecule has 1 rings (SSSR count). The number of carboxylic acids is 1. The summed E-state index contributed by atoms with van der Waals surface area (Å²) in [6.07, 6.45) is 2.46. The number of rotatable bonds is 5. The second kappa shape index (κ2) is 8.56. The number of hydrogen-bond acceptors (Lipinski definition) is 6. The van der Waals surface area contributed by atoms with Crippen LogP contribution in [-0.4, -0.2) is 45.7 Å². The van der Waals surface area contributed by atoms with E-state index in [2.05, 4.69) is 0 Å². The van der Waals surface area contributed by atoms with Gasteiger partial charge in [-0.2, -0.15) is 5.06 Å². The lowest BCUT2D eigenvalue weighted by Crippen LogP contribution is -2.29. The predicted molar refractivity (Wildman–Crippen MR) is 61.4 cm³/mol. The van der Waals surface area contributed by atoms with E-state index in [0.717, 1.165) is 12.8 Å². The standard InChI is InChI=1S/C6H14N2O2.C4H5NO3/c7-4-2-1-3-5(8)6(9)10;6-3-1-2-4(7)5(3)8/h5H,1-4,7-8H2,(H,9,10);8H,1-2H2/t5-;/m0./s1. The zero-order valence-corrected chi connectivity index (χ0v) is 10.0. The van der Waals surface area contributed by atoms with Gasteiger partial charge in [-0.1, -0.05) is 6.42 Å². The van der Waals surface area contributed by atoms with Crippen molar-refractivity contribution in [1.29, 1.82) is 0 Å². The Balaban J connectivity index is 0.000000327. The van der Waals surface area contributed by atoms with Crippen LogP contribution in [0.5, 0.6) is 0 Å². The van der Waals surface area contributed by atoms with Gasteiger partial charge < -0.3 is 16.6 Å². The van der Waals surface area contributed by atoms with Crippen LogP contribution < -0.4 is 11.5 Å². The van der Waals surface area contributed by atoms with E-state index in [0.29, 0.717) is 13.0 Å². The summed E-state index contributed by atoms with van der Waals surface area (Å²) in [6, 6.07) is -0.716. The molecule has 0 bridgehead atoms. The number of unbranched alkanes of at least 4 members (excludes halogenated alkanes) is 1. The molecule has 0 aromatic rings. The van der Waals surface area contributed by atoms with Crippen molar-refractivity contribution in [2.75, 3.05) is 6.54 Å². The summed E-state index contributed by atoms with van der Waals surface area (Å²) >= 11 is 0. The van der Waals surface area contributed by atoms with Gasteiger partial charge in [0.15, 0.2) is 0 Å². The maximum atomic E-state index is 10.2. The van der Waals surface area contributed by atoms with E-state index >= 15 is 0 Å². The Morgan fingerprint density at radius 3 is 2.06 bits per heavy atom. The van der Waals surface area contributed by atoms with Gasteiger partial charge in [0.2, 0.25) is 0 Å². The number of nitrogens with two attached hydrogens (primary N) is 2. The third-order valence-corrected chi connectivity index (χ3v) is 2.31. The molecule has 1 fully saturated rings. The van der Waals surface area contributed by atoms with Gasteiger partial charge in [-0.15, -0.1) is 0 Å². The van der Waals surface area contributed by atoms with E-state index in [1.54, 1.807) is 0 Å². The number of carbonyl (C=O) groups excluding carboxylic acids is 2. The maximum absolute atomic E-state index is 10.2. The van der Waals surface area contributed by atoms with E-state index in [1.807, 2.05) is 0 Å². The van der Waals surface area contributed by atoms with Gasteiger partial charge >= 0.3 is 5.97 Å². The first-order valence-electron chi connectivity index (χ1n) is 5.63. The number of amides is 2. The number of carbonyl (C=O) groups is 3. The van der Waals surface area contributed by atoms with Crippen molar-refractivity contribution < 1.29 is 24.7 Å². The number of hydrogen-bond donors (Lipinski definition) is 4. The van der Waals surface area contributed by atoms with Gasteiger partial charge in [0, 0.05) is 12.8 Å². The molecule has 0 unspecified atom stereocenters. The molecule has 0 radical (unpaired) electrons. The second-order valence-electron chi connectivity index (χ2n) is 3.83. The Morgan fingerprint density at radius 1 is 1.28 bits per heavy atom. The predicted octanol–water partition coefficient (Wildman–Crippen LogP) is -0.948. The van der Waals surface area contributed by atoms with Crippen molar-refractivity contribution in [3.05, 3.63) is 0 Å². The van der Waals surface area contributed by atoms with Crippen LogP contribution in [-0.2, 0) is 14.4 Å². The fourth-order valence-corrected chi connectivity index (χ4v) is 1.20. The largest absolute Gasteiger partial charge is 0.480 e. The van der Waals surface area contributed by atoms with Gasteiger partial charge in [-0.05, 0) is 19.4 Å². The zero-order valence-electron chi connectivity index (χ0n) is 10.0. The van der Waals surface area contributed by atoms with Crippen molar-refractivity contribution in [3.63, 3.8) is 0 Å². The molecule has 8 heteroatoms. The van der Waals surface area contributed by atoms with Crippen molar-refractivity contribution >= 4 is 17.8 Å². The number of nitrogens with zero attached hydrogens (tertiary/aromatic N) is 1. The molecule has 2 amide bonds. The summed E-state index contributed by atoms with van der Waals surface area (Å²) < 4.78 is 0. The third-order valence-electron chi connectivity index (χ3n) is 2.31. The molecular formula is C10H19N3O5. The first-order valence-corrected chi connectivity index (χ1v) is 5.63. The van der Waals surface area contributed by atoms with E-state index < -0.39 is 23.8 Å². The highest BCUT2D eigenvalue weighted by atomic mass is 16.5. The normalized spacial score (nSPS) is 16.3. The minimum Gasteiger partial charge on any atom is -0.480 e. The Bertz CT molecular complexity index is 292. The maximum Gasteiger partial charge on any atom is 0.320 e. The molecule has 0 aromatic heterocycles. The highest BCUT2D eigenvalue weighted by molar-refractivity contribution is 6.00. The molecule has 18 heavy (non-hydrogen) atoms. The van der Waals surface area contributed by atoms with Crippen LogP contribution in [0.4, 0.5) is 0 Å². The van der Waals surface area contributed by atoms with Crippen LogP contribution >= 0.6 is 0 Å². The zero-order chi connectivity index (χ0) is 14.1. The summed E-state index contributed by atoms with van der Waals surface area (Å²) in [5, 5.41) is 16.9. The lowest BCUT2D eigenvalue weighted by atomic mass is 10.1. The van der Waals surface area contributed by atoms with Crippen LogP contribution in [0.1, 0.15) is 32.1 Å². The smallest absolute Gasteiger partial charge is 0.320 e. The molecule has 0 aliphatic carbocycles. The van der Waals surface area contributed by atoms with Gasteiger partial charge in [-0.25, -0.2) is 0 Å². The Morgan fingerprint density at radius 2 is 1.78 bits per heavy atom. The Kier molecular flexibility index (Phi) is 7.84. The SMILES string of the molecule is NCCCC[C@H](N)C(=O)O.O=C1CCC(=O)N1O. The van der Waals surface area contributed by atoms with E-state index in [9.17, 15) is 14.4 Å². The fourth-order valence-electron chi connectivity index (χ4n) is 1.20. The number of aliphatic carboxylic acids is 1. The van der Waals surface area contributed by atoms with Crippen LogP contribution in [0.3, 0.4) is 0 Å². The summed E-state index contributed by atoms with van der Waals surface area (Å²) in [5.41, 5.74) is 10.4. The number of carboxylic acid groups (broad SMARTS) is 1. The van der Waals surface area contributed by atoms with Gasteiger partial charge in [-0.3, -0.25) is 19.6 Å². The van der Waals surface area contributed by atoms with Crippen LogP contribution in [0.2, 0.25) is 0 Å². The van der Waals surface area contributed by atoms with Crippen molar-refractivity contribution in [2.45, 2.75) is 38.1 Å². The van der Waals surface area contributed by atoms with Gasteiger partial charge in [0.1, 0.15) is 6.04 Å². The molecule has 1 saturated heterocycles. The van der Waals surface area contributed by atoms with Crippen LogP contribution in [0.15, 0.2) is 0 Å². The van der Waals surface area contributed by atoms with Crippen LogP contribution in [0.25, 0.3) is 0 Å². The van der Waals surface area contributed by atoms with Gasteiger partial charge in [0.25, 0.3) is 11.8 Å². The van der Waals surface area contributed by atoms with Crippen LogP contribution in [0, 0.1) is 0 Å². The molecule has 0 saturated carbocycles. The summed E-state index contributed by atoms with van der Waals surface area (Å²) in [5.74, 6) is -1.94. The monoisotopic (exact) mass is 261 g/mol. The number of hydroxylamine groups is 2. The lowest BCUT2D eigenvalue weighted by molar-refractivity contribution is -0.171. The summed E-state index contributed by atoms with van der Waals surface area (Å²) in [6.45, 7) is 0.604. The minimum absolute atomic E-state index is 0.148. The average Bonchev–Trinajstić information content (AvgIpc) is 2.61. The molecule has 1 heterocycles. The lowest BCUT2D eigenvalue weighted by Gasteiger charge is -2.03. The summed E-state index contributed by atoms with van der Waals surface area (Å²) in [4.78, 5) is 30.6. The van der Waals surface area contributed by atoms with E-state index in [4.69, 9.17) is 21.8 Å². The fraction of sp³-hybridized carbons (Fsp3) is 0.700. The average molecular weight is 261 g/mol. The topological polar surface area (TPSA) is 147 Å². The Hall–Kier alpha value is -1.51. The van der Waals surface area contributed by atoms with Crippen molar-refractivity contribution in [3.8, 4) is 0 Å². The first-order chi connectivity index (χ1) is 8.40. The second-order valence-corrected chi connectivity index (χ2v) is 3.83. The van der Waals surface area contributed by atoms with E-state index in [-0.39, 0.29) is 17.9 Å². The molecule has 0 spiro atoms. The number of imide groups is 1. The summed E-state index contributed by atoms with van der Waals surface area (Å²) in [7, 11) is 0. The Labute approximate surface area is 104 Å². The van der Waals surface area contributed by atoms with E-state index in [1.165, 1.54) is 0 Å². The van der Waals surface area contributed by atoms with Crippen molar-refractivity contribution in [2.24, 2.45) is 11.5 Å². The van der Waals surface area contributed by atoms with Gasteiger partial charge in [0.05, 0.1) is 0 Å². The molecule has 1 aliphatic rings. The quantitative estimate of drug-likeness (QED) is 0.283. The molecule has 104 valence electrons. The molecule has 1 aliphatic heterocycles. The first kappa shape index (κ1) is 16.5. The molecule has 0 aromatic carbocycles.